The lowest BCUT2D eigenvalue weighted by molar-refractivity contribution is 0.0359. The Kier molecular flexibility index (Phi) is 7.61. The number of ether oxygens (including phenoxy) is 2. The Hall–Kier alpha value is -3.25. The first-order valence-electron chi connectivity index (χ1n) is 12.6. The highest BCUT2D eigenvalue weighted by molar-refractivity contribution is 7.98. The first kappa shape index (κ1) is 24.4. The van der Waals surface area contributed by atoms with Crippen molar-refractivity contribution in [2.75, 3.05) is 6.61 Å². The normalized spacial score (nSPS) is 20.7. The number of piperidine rings is 1. The van der Waals surface area contributed by atoms with Gasteiger partial charge in [0.1, 0.15) is 11.9 Å². The van der Waals surface area contributed by atoms with Crippen molar-refractivity contribution in [2.45, 2.75) is 61.4 Å². The molecule has 0 saturated carbocycles. The van der Waals surface area contributed by atoms with E-state index in [0.29, 0.717) is 12.2 Å². The first-order valence-corrected chi connectivity index (χ1v) is 13.6. The summed E-state index contributed by atoms with van der Waals surface area (Å²) in [5.74, 6) is 1.43. The van der Waals surface area contributed by atoms with Crippen LogP contribution in [-0.2, 0) is 10.5 Å². The zero-order chi connectivity index (χ0) is 24.9. The van der Waals surface area contributed by atoms with E-state index in [4.69, 9.17) is 9.47 Å². The Morgan fingerprint density at radius 1 is 0.861 bits per heavy atom. The van der Waals surface area contributed by atoms with Crippen LogP contribution in [0.3, 0.4) is 0 Å². The van der Waals surface area contributed by atoms with Crippen LogP contribution in [0.2, 0.25) is 0 Å². The van der Waals surface area contributed by atoms with E-state index in [1.165, 1.54) is 10.5 Å². The smallest absolute Gasteiger partial charge is 0.338 e. The van der Waals surface area contributed by atoms with Gasteiger partial charge in [0.2, 0.25) is 0 Å². The summed E-state index contributed by atoms with van der Waals surface area (Å²) in [5.41, 5.74) is 2.49. The van der Waals surface area contributed by atoms with Gasteiger partial charge in [-0.25, -0.2) is 4.79 Å². The van der Waals surface area contributed by atoms with Crippen molar-refractivity contribution < 1.29 is 19.1 Å². The van der Waals surface area contributed by atoms with Gasteiger partial charge in [-0.15, -0.1) is 11.8 Å². The number of amides is 1. The molecule has 2 bridgehead atoms. The predicted molar refractivity (Wildman–Crippen MR) is 141 cm³/mol. The summed E-state index contributed by atoms with van der Waals surface area (Å²) in [6.45, 7) is 2.15. The zero-order valence-corrected chi connectivity index (χ0v) is 21.3. The number of thioether (sulfide) groups is 1. The van der Waals surface area contributed by atoms with E-state index in [1.807, 2.05) is 30.3 Å². The third kappa shape index (κ3) is 5.59. The van der Waals surface area contributed by atoms with E-state index in [1.54, 1.807) is 30.8 Å². The van der Waals surface area contributed by atoms with Crippen molar-refractivity contribution in [1.82, 2.24) is 4.90 Å². The van der Waals surface area contributed by atoms with Gasteiger partial charge in [0.25, 0.3) is 5.91 Å². The summed E-state index contributed by atoms with van der Waals surface area (Å²) in [6.07, 6.45) is 3.76. The molecule has 0 N–H and O–H groups in total. The molecule has 36 heavy (non-hydrogen) atoms. The second-order valence-corrected chi connectivity index (χ2v) is 10.4. The van der Waals surface area contributed by atoms with Crippen LogP contribution < -0.4 is 4.74 Å². The Labute approximate surface area is 216 Å². The molecule has 2 saturated heterocycles. The molecule has 2 fully saturated rings. The van der Waals surface area contributed by atoms with Crippen molar-refractivity contribution in [3.05, 3.63) is 95.6 Å². The van der Waals surface area contributed by atoms with E-state index in [-0.39, 0.29) is 30.1 Å². The van der Waals surface area contributed by atoms with E-state index >= 15 is 0 Å². The standard InChI is InChI=1S/C30H31NO4S/c1-2-34-30(33)23-12-16-26(17-13-23)35-27-18-24-14-15-25(19-27)31(24)29(32)22-10-8-21(9-11-22)20-36-28-6-4-3-5-7-28/h3-13,16-17,24-25,27H,2,14-15,18-20H2,1H3/t24-,25+,27?. The van der Waals surface area contributed by atoms with E-state index in [9.17, 15) is 9.59 Å². The highest BCUT2D eigenvalue weighted by Crippen LogP contribution is 2.38. The second kappa shape index (κ2) is 11.2. The van der Waals surface area contributed by atoms with E-state index in [0.717, 1.165) is 42.7 Å². The van der Waals surface area contributed by atoms with Gasteiger partial charge in [0, 0.05) is 41.1 Å². The minimum absolute atomic E-state index is 0.0670. The number of carbonyl (C=O) groups is 2. The molecule has 1 amide bonds. The summed E-state index contributed by atoms with van der Waals surface area (Å²) in [4.78, 5) is 28.6. The summed E-state index contributed by atoms with van der Waals surface area (Å²) < 4.78 is 11.3. The molecule has 3 atom stereocenters. The number of nitrogens with zero attached hydrogens (tertiary/aromatic N) is 1. The maximum Gasteiger partial charge on any atom is 0.338 e. The molecule has 3 aromatic rings. The van der Waals surface area contributed by atoms with Crippen molar-refractivity contribution in [3.63, 3.8) is 0 Å². The summed E-state index contributed by atoms with van der Waals surface area (Å²) in [5, 5.41) is 0. The Bertz CT molecular complexity index is 1170. The Morgan fingerprint density at radius 3 is 2.14 bits per heavy atom. The average Bonchev–Trinajstić information content (AvgIpc) is 3.18. The Morgan fingerprint density at radius 2 is 1.50 bits per heavy atom. The van der Waals surface area contributed by atoms with Crippen LogP contribution in [0.5, 0.6) is 5.75 Å². The summed E-state index contributed by atoms with van der Waals surface area (Å²) >= 11 is 1.80. The fourth-order valence-corrected chi connectivity index (χ4v) is 6.08. The summed E-state index contributed by atoms with van der Waals surface area (Å²) in [6, 6.07) is 26.0. The van der Waals surface area contributed by atoms with Gasteiger partial charge < -0.3 is 14.4 Å². The lowest BCUT2D eigenvalue weighted by Crippen LogP contribution is -2.49. The zero-order valence-electron chi connectivity index (χ0n) is 20.5. The van der Waals surface area contributed by atoms with Crippen LogP contribution in [-0.4, -0.2) is 41.6 Å². The number of carbonyl (C=O) groups excluding carboxylic acids is 2. The maximum absolute atomic E-state index is 13.4. The van der Waals surface area contributed by atoms with E-state index < -0.39 is 0 Å². The van der Waals surface area contributed by atoms with Crippen LogP contribution in [0.15, 0.2) is 83.8 Å². The van der Waals surface area contributed by atoms with Gasteiger partial charge in [0.05, 0.1) is 12.2 Å². The molecule has 2 aliphatic heterocycles. The number of benzene rings is 3. The third-order valence-corrected chi connectivity index (χ3v) is 8.03. The fraction of sp³-hybridized carbons (Fsp3) is 0.333. The van der Waals surface area contributed by atoms with Gasteiger partial charge >= 0.3 is 5.97 Å². The lowest BCUT2D eigenvalue weighted by atomic mass is 9.98. The average molecular weight is 502 g/mol. The van der Waals surface area contributed by atoms with Gasteiger partial charge in [-0.3, -0.25) is 4.79 Å². The molecule has 186 valence electrons. The molecule has 3 aromatic carbocycles. The minimum Gasteiger partial charge on any atom is -0.490 e. The SMILES string of the molecule is CCOC(=O)c1ccc(OC2C[C@H]3CC[C@@H](C2)N3C(=O)c2ccc(CSc3ccccc3)cc2)cc1. The second-order valence-electron chi connectivity index (χ2n) is 9.35. The van der Waals surface area contributed by atoms with Gasteiger partial charge in [-0.2, -0.15) is 0 Å². The predicted octanol–water partition coefficient (Wildman–Crippen LogP) is 6.37. The molecule has 1 unspecified atom stereocenters. The number of hydrogen-bond acceptors (Lipinski definition) is 5. The number of hydrogen-bond donors (Lipinski definition) is 0. The van der Waals surface area contributed by atoms with Crippen molar-refractivity contribution >= 4 is 23.6 Å². The topological polar surface area (TPSA) is 55.8 Å². The Balaban J connectivity index is 1.17. The van der Waals surface area contributed by atoms with Crippen LogP contribution in [0, 0.1) is 0 Å². The largest absolute Gasteiger partial charge is 0.490 e. The molecule has 0 spiro atoms. The van der Waals surface area contributed by atoms with E-state index in [2.05, 4.69) is 41.3 Å². The molecule has 5 nitrogen and oxygen atoms in total. The molecule has 2 heterocycles. The van der Waals surface area contributed by atoms with Crippen LogP contribution in [0.25, 0.3) is 0 Å². The van der Waals surface area contributed by atoms with Crippen molar-refractivity contribution in [2.24, 2.45) is 0 Å². The van der Waals surface area contributed by atoms with Crippen molar-refractivity contribution in [3.8, 4) is 5.75 Å². The van der Waals surface area contributed by atoms with Crippen LogP contribution >= 0.6 is 11.8 Å². The summed E-state index contributed by atoms with van der Waals surface area (Å²) in [7, 11) is 0. The minimum atomic E-state index is -0.322. The molecule has 5 rings (SSSR count). The molecular weight excluding hydrogens is 470 g/mol. The molecule has 0 aromatic heterocycles. The van der Waals surface area contributed by atoms with Crippen molar-refractivity contribution in [1.29, 1.82) is 0 Å². The molecule has 6 heteroatoms. The highest BCUT2D eigenvalue weighted by Gasteiger charge is 2.44. The lowest BCUT2D eigenvalue weighted by Gasteiger charge is -2.39. The monoisotopic (exact) mass is 501 g/mol. The highest BCUT2D eigenvalue weighted by atomic mass is 32.2. The quantitative estimate of drug-likeness (QED) is 0.265. The van der Waals surface area contributed by atoms with Crippen LogP contribution in [0.1, 0.15) is 58.9 Å². The number of fused-ring (bicyclic) bond motifs is 2. The molecule has 2 aliphatic rings. The van der Waals surface area contributed by atoms with Gasteiger partial charge in [0.15, 0.2) is 0 Å². The fourth-order valence-electron chi connectivity index (χ4n) is 5.21. The molecule has 0 radical (unpaired) electrons. The first-order chi connectivity index (χ1) is 17.6. The molecule has 0 aliphatic carbocycles. The third-order valence-electron chi connectivity index (χ3n) is 6.94. The van der Waals surface area contributed by atoms with Crippen LogP contribution in [0.4, 0.5) is 0 Å². The van der Waals surface area contributed by atoms with Gasteiger partial charge in [-0.05, 0) is 73.9 Å². The molecular formula is C30H31NO4S. The number of esters is 1. The number of rotatable bonds is 8. The maximum atomic E-state index is 13.4. The van der Waals surface area contributed by atoms with Gasteiger partial charge in [-0.1, -0.05) is 30.3 Å².